The van der Waals surface area contributed by atoms with Crippen LogP contribution in [0, 0.1) is 6.92 Å². The minimum Gasteiger partial charge on any atom is -0.361 e. The van der Waals surface area contributed by atoms with Gasteiger partial charge in [0.05, 0.1) is 5.69 Å². The van der Waals surface area contributed by atoms with Gasteiger partial charge < -0.3 is 4.52 Å². The summed E-state index contributed by atoms with van der Waals surface area (Å²) in [6.45, 7) is 8.24. The van der Waals surface area contributed by atoms with E-state index in [4.69, 9.17) is 4.52 Å². The highest BCUT2D eigenvalue weighted by Crippen LogP contribution is 2.09. The van der Waals surface area contributed by atoms with Crippen LogP contribution in [0.3, 0.4) is 0 Å². The molecule has 1 aliphatic rings. The van der Waals surface area contributed by atoms with E-state index in [0.717, 1.165) is 50.7 Å². The number of hydrogen-bond acceptors (Lipinski definition) is 4. The number of hydrogen-bond donors (Lipinski definition) is 0. The molecule has 1 fully saturated rings. The molecule has 1 aliphatic heterocycles. The monoisotopic (exact) mass is 297 g/mol. The molecule has 1 aromatic carbocycles. The van der Waals surface area contributed by atoms with Gasteiger partial charge in [-0.3, -0.25) is 9.80 Å². The summed E-state index contributed by atoms with van der Waals surface area (Å²) >= 11 is 0. The number of aryl methyl sites for hydroxylation is 1. The van der Waals surface area contributed by atoms with E-state index < -0.39 is 0 Å². The van der Waals surface area contributed by atoms with Gasteiger partial charge in [0, 0.05) is 45.3 Å². The van der Waals surface area contributed by atoms with Gasteiger partial charge in [-0.05, 0) is 12.5 Å². The number of rotatable bonds is 5. The molecular formula is C18H23N3O. The number of aromatic nitrogens is 1. The SMILES string of the molecule is Cc1cc(CN2CCN(C/C=C/c3ccccc3)CC2)no1. The summed E-state index contributed by atoms with van der Waals surface area (Å²) < 4.78 is 5.13. The Kier molecular flexibility index (Phi) is 5.03. The predicted octanol–water partition coefficient (Wildman–Crippen LogP) is 2.81. The van der Waals surface area contributed by atoms with Crippen molar-refractivity contribution in [3.05, 3.63) is 59.5 Å². The van der Waals surface area contributed by atoms with Crippen LogP contribution in [0.4, 0.5) is 0 Å². The van der Waals surface area contributed by atoms with Crippen LogP contribution in [0.25, 0.3) is 6.08 Å². The lowest BCUT2D eigenvalue weighted by molar-refractivity contribution is 0.134. The molecule has 2 heterocycles. The van der Waals surface area contributed by atoms with Crippen LogP contribution >= 0.6 is 0 Å². The van der Waals surface area contributed by atoms with Gasteiger partial charge in [0.15, 0.2) is 0 Å². The molecule has 0 aliphatic carbocycles. The lowest BCUT2D eigenvalue weighted by Gasteiger charge is -2.33. The fourth-order valence-corrected chi connectivity index (χ4v) is 2.75. The number of benzene rings is 1. The van der Waals surface area contributed by atoms with E-state index in [0.29, 0.717) is 0 Å². The van der Waals surface area contributed by atoms with Gasteiger partial charge in [-0.1, -0.05) is 47.6 Å². The maximum Gasteiger partial charge on any atom is 0.133 e. The molecule has 0 bridgehead atoms. The molecule has 0 saturated carbocycles. The summed E-state index contributed by atoms with van der Waals surface area (Å²) in [5.74, 6) is 0.889. The second-order valence-electron chi connectivity index (χ2n) is 5.82. The normalized spacial score (nSPS) is 17.3. The number of nitrogens with zero attached hydrogens (tertiary/aromatic N) is 3. The van der Waals surface area contributed by atoms with Crippen LogP contribution in [-0.2, 0) is 6.54 Å². The van der Waals surface area contributed by atoms with Gasteiger partial charge in [0.1, 0.15) is 5.76 Å². The van der Waals surface area contributed by atoms with Crippen molar-refractivity contribution < 1.29 is 4.52 Å². The molecule has 0 radical (unpaired) electrons. The summed E-state index contributed by atoms with van der Waals surface area (Å²) in [4.78, 5) is 4.93. The van der Waals surface area contributed by atoms with Crippen LogP contribution in [0.5, 0.6) is 0 Å². The smallest absolute Gasteiger partial charge is 0.133 e. The molecule has 116 valence electrons. The van der Waals surface area contributed by atoms with Gasteiger partial charge in [-0.2, -0.15) is 0 Å². The van der Waals surface area contributed by atoms with Crippen molar-refractivity contribution in [1.82, 2.24) is 15.0 Å². The highest BCUT2D eigenvalue weighted by molar-refractivity contribution is 5.48. The quantitative estimate of drug-likeness (QED) is 0.849. The number of piperazine rings is 1. The largest absolute Gasteiger partial charge is 0.361 e. The molecule has 0 amide bonds. The summed E-state index contributed by atoms with van der Waals surface area (Å²) in [5, 5.41) is 4.07. The van der Waals surface area contributed by atoms with Gasteiger partial charge in [-0.15, -0.1) is 0 Å². The van der Waals surface area contributed by atoms with Crippen LogP contribution < -0.4 is 0 Å². The minimum atomic E-state index is 0.889. The Balaban J connectivity index is 1.41. The van der Waals surface area contributed by atoms with Crippen LogP contribution in [0.1, 0.15) is 17.0 Å². The van der Waals surface area contributed by atoms with E-state index in [1.807, 2.05) is 19.1 Å². The Morgan fingerprint density at radius 2 is 1.82 bits per heavy atom. The van der Waals surface area contributed by atoms with Crippen molar-refractivity contribution in [2.75, 3.05) is 32.7 Å². The third-order valence-corrected chi connectivity index (χ3v) is 4.00. The maximum absolute atomic E-state index is 5.13. The van der Waals surface area contributed by atoms with Gasteiger partial charge in [0.2, 0.25) is 0 Å². The second kappa shape index (κ2) is 7.38. The Morgan fingerprint density at radius 3 is 2.50 bits per heavy atom. The van der Waals surface area contributed by atoms with Gasteiger partial charge >= 0.3 is 0 Å². The van der Waals surface area contributed by atoms with Crippen molar-refractivity contribution >= 4 is 6.08 Å². The fourth-order valence-electron chi connectivity index (χ4n) is 2.75. The van der Waals surface area contributed by atoms with E-state index in [2.05, 4.69) is 51.4 Å². The van der Waals surface area contributed by atoms with Crippen molar-refractivity contribution in [2.24, 2.45) is 0 Å². The molecule has 4 heteroatoms. The first-order chi connectivity index (χ1) is 10.8. The summed E-state index contributed by atoms with van der Waals surface area (Å²) in [6, 6.07) is 12.5. The van der Waals surface area contributed by atoms with E-state index >= 15 is 0 Å². The zero-order chi connectivity index (χ0) is 15.2. The standard InChI is InChI=1S/C18H23N3O/c1-16-14-18(19-22-16)15-21-12-10-20(11-13-21)9-5-8-17-6-3-2-4-7-17/h2-8,14H,9-13,15H2,1H3/b8-5+. The first kappa shape index (κ1) is 15.0. The molecule has 0 unspecified atom stereocenters. The van der Waals surface area contributed by atoms with Gasteiger partial charge in [-0.25, -0.2) is 0 Å². The zero-order valence-corrected chi connectivity index (χ0v) is 13.1. The van der Waals surface area contributed by atoms with Crippen LogP contribution in [0.2, 0.25) is 0 Å². The van der Waals surface area contributed by atoms with Crippen molar-refractivity contribution in [3.8, 4) is 0 Å². The molecule has 2 aromatic rings. The van der Waals surface area contributed by atoms with Crippen molar-refractivity contribution in [3.63, 3.8) is 0 Å². The van der Waals surface area contributed by atoms with Crippen molar-refractivity contribution in [2.45, 2.75) is 13.5 Å². The Hall–Kier alpha value is -1.91. The van der Waals surface area contributed by atoms with Crippen molar-refractivity contribution in [1.29, 1.82) is 0 Å². The molecule has 22 heavy (non-hydrogen) atoms. The summed E-state index contributed by atoms with van der Waals surface area (Å²) in [5.41, 5.74) is 2.30. The molecular weight excluding hydrogens is 274 g/mol. The average molecular weight is 297 g/mol. The predicted molar refractivity (Wildman–Crippen MR) is 88.4 cm³/mol. The van der Waals surface area contributed by atoms with E-state index in [-0.39, 0.29) is 0 Å². The molecule has 0 atom stereocenters. The molecule has 0 N–H and O–H groups in total. The summed E-state index contributed by atoms with van der Waals surface area (Å²) in [7, 11) is 0. The van der Waals surface area contributed by atoms with Crippen LogP contribution in [0.15, 0.2) is 47.0 Å². The highest BCUT2D eigenvalue weighted by atomic mass is 16.5. The fraction of sp³-hybridized carbons (Fsp3) is 0.389. The van der Waals surface area contributed by atoms with E-state index in [9.17, 15) is 0 Å². The molecule has 0 spiro atoms. The molecule has 1 saturated heterocycles. The molecule has 3 rings (SSSR count). The first-order valence-electron chi connectivity index (χ1n) is 7.88. The lowest BCUT2D eigenvalue weighted by atomic mass is 10.2. The Bertz CT molecular complexity index is 598. The topological polar surface area (TPSA) is 32.5 Å². The second-order valence-corrected chi connectivity index (χ2v) is 5.82. The first-order valence-corrected chi connectivity index (χ1v) is 7.88. The minimum absolute atomic E-state index is 0.889. The Morgan fingerprint density at radius 1 is 1.09 bits per heavy atom. The highest BCUT2D eigenvalue weighted by Gasteiger charge is 2.17. The van der Waals surface area contributed by atoms with E-state index in [1.165, 1.54) is 5.56 Å². The summed E-state index contributed by atoms with van der Waals surface area (Å²) in [6.07, 6.45) is 4.45. The molecule has 1 aromatic heterocycles. The Labute approximate surface area is 132 Å². The third-order valence-electron chi connectivity index (χ3n) is 4.00. The maximum atomic E-state index is 5.13. The lowest BCUT2D eigenvalue weighted by Crippen LogP contribution is -2.45. The molecule has 4 nitrogen and oxygen atoms in total. The van der Waals surface area contributed by atoms with Crippen LogP contribution in [-0.4, -0.2) is 47.7 Å². The van der Waals surface area contributed by atoms with Gasteiger partial charge in [0.25, 0.3) is 0 Å². The zero-order valence-electron chi connectivity index (χ0n) is 13.1. The average Bonchev–Trinajstić information content (AvgIpc) is 2.95. The third kappa shape index (κ3) is 4.29. The van der Waals surface area contributed by atoms with E-state index in [1.54, 1.807) is 0 Å².